The fourth-order valence-corrected chi connectivity index (χ4v) is 2.11. The molecule has 0 radical (unpaired) electrons. The molecule has 2 N–H and O–H groups in total. The van der Waals surface area contributed by atoms with Crippen LogP contribution in [0.2, 0.25) is 0 Å². The Morgan fingerprint density at radius 1 is 1.35 bits per heavy atom. The average molecular weight is 241 g/mol. The van der Waals surface area contributed by atoms with Gasteiger partial charge in [0, 0.05) is 11.5 Å². The van der Waals surface area contributed by atoms with Crippen molar-refractivity contribution >= 4 is 5.97 Å². The standard InChI is InChI=1S/C12H13F2NO2/c1-17-11(16)10(15)12(2-3-12)7-4-8(13)6-9(14)5-7/h4-6,10H,2-3,15H2,1H3. The maximum atomic E-state index is 13.1. The van der Waals surface area contributed by atoms with Crippen LogP contribution in [0.15, 0.2) is 18.2 Å². The molecule has 3 nitrogen and oxygen atoms in total. The van der Waals surface area contributed by atoms with Gasteiger partial charge in [-0.15, -0.1) is 0 Å². The van der Waals surface area contributed by atoms with Gasteiger partial charge in [-0.05, 0) is 30.5 Å². The van der Waals surface area contributed by atoms with Gasteiger partial charge < -0.3 is 10.5 Å². The topological polar surface area (TPSA) is 52.3 Å². The Kier molecular flexibility index (Phi) is 2.87. The molecule has 0 saturated heterocycles. The summed E-state index contributed by atoms with van der Waals surface area (Å²) in [7, 11) is 1.24. The molecule has 2 rings (SSSR count). The largest absolute Gasteiger partial charge is 0.468 e. The summed E-state index contributed by atoms with van der Waals surface area (Å²) >= 11 is 0. The molecule has 1 saturated carbocycles. The number of benzene rings is 1. The molecule has 1 aromatic carbocycles. The summed E-state index contributed by atoms with van der Waals surface area (Å²) in [6.07, 6.45) is 1.26. The van der Waals surface area contributed by atoms with Gasteiger partial charge in [-0.3, -0.25) is 4.79 Å². The predicted molar refractivity (Wildman–Crippen MR) is 57.3 cm³/mol. The zero-order chi connectivity index (χ0) is 12.6. The number of hydrogen-bond acceptors (Lipinski definition) is 3. The van der Waals surface area contributed by atoms with Crippen molar-refractivity contribution in [2.75, 3.05) is 7.11 Å². The maximum Gasteiger partial charge on any atom is 0.323 e. The van der Waals surface area contributed by atoms with Crippen molar-refractivity contribution in [3.8, 4) is 0 Å². The summed E-state index contributed by atoms with van der Waals surface area (Å²) in [5.41, 5.74) is 5.53. The summed E-state index contributed by atoms with van der Waals surface area (Å²) in [5.74, 6) is -1.89. The van der Waals surface area contributed by atoms with E-state index >= 15 is 0 Å². The Bertz CT molecular complexity index is 438. The number of carbonyl (C=O) groups is 1. The molecule has 0 aromatic heterocycles. The Hall–Kier alpha value is -1.49. The molecule has 1 aliphatic carbocycles. The monoisotopic (exact) mass is 241 g/mol. The minimum absolute atomic E-state index is 0.424. The number of carbonyl (C=O) groups excluding carboxylic acids is 1. The molecule has 17 heavy (non-hydrogen) atoms. The average Bonchev–Trinajstić information content (AvgIpc) is 3.07. The number of esters is 1. The molecule has 1 aromatic rings. The smallest absolute Gasteiger partial charge is 0.323 e. The Morgan fingerprint density at radius 3 is 2.29 bits per heavy atom. The molecule has 0 amide bonds. The molecule has 0 aliphatic heterocycles. The molecule has 1 fully saturated rings. The minimum atomic E-state index is -0.881. The van der Waals surface area contributed by atoms with Crippen molar-refractivity contribution in [2.24, 2.45) is 5.73 Å². The number of nitrogens with two attached hydrogens (primary N) is 1. The quantitative estimate of drug-likeness (QED) is 0.816. The lowest BCUT2D eigenvalue weighted by Gasteiger charge is -2.21. The zero-order valence-electron chi connectivity index (χ0n) is 9.37. The first-order valence-corrected chi connectivity index (χ1v) is 5.29. The van der Waals surface area contributed by atoms with Crippen molar-refractivity contribution in [1.29, 1.82) is 0 Å². The first-order chi connectivity index (χ1) is 7.99. The zero-order valence-corrected chi connectivity index (χ0v) is 9.37. The van der Waals surface area contributed by atoms with Crippen LogP contribution in [0.3, 0.4) is 0 Å². The maximum absolute atomic E-state index is 13.1. The highest BCUT2D eigenvalue weighted by atomic mass is 19.1. The molecule has 1 aliphatic rings. The normalized spacial score (nSPS) is 18.6. The van der Waals surface area contributed by atoms with Gasteiger partial charge in [0.25, 0.3) is 0 Å². The number of methoxy groups -OCH3 is 1. The Morgan fingerprint density at radius 2 is 1.88 bits per heavy atom. The van der Waals surface area contributed by atoms with E-state index in [4.69, 9.17) is 5.73 Å². The van der Waals surface area contributed by atoms with E-state index in [-0.39, 0.29) is 0 Å². The van der Waals surface area contributed by atoms with Crippen molar-refractivity contribution in [3.05, 3.63) is 35.4 Å². The fraction of sp³-hybridized carbons (Fsp3) is 0.417. The molecule has 0 bridgehead atoms. The summed E-state index contributed by atoms with van der Waals surface area (Å²) in [4.78, 5) is 11.4. The second-order valence-corrected chi connectivity index (χ2v) is 4.32. The van der Waals surface area contributed by atoms with Crippen molar-refractivity contribution in [1.82, 2.24) is 0 Å². The number of ether oxygens (including phenoxy) is 1. The van der Waals surface area contributed by atoms with E-state index in [1.165, 1.54) is 19.2 Å². The lowest BCUT2D eigenvalue weighted by atomic mass is 9.88. The van der Waals surface area contributed by atoms with Gasteiger partial charge in [-0.1, -0.05) is 0 Å². The molecule has 1 unspecified atom stereocenters. The van der Waals surface area contributed by atoms with Gasteiger partial charge in [0.1, 0.15) is 17.7 Å². The Labute approximate surface area is 97.6 Å². The van der Waals surface area contributed by atoms with Gasteiger partial charge in [0.05, 0.1) is 7.11 Å². The van der Waals surface area contributed by atoms with E-state index in [0.717, 1.165) is 6.07 Å². The van der Waals surface area contributed by atoms with E-state index in [2.05, 4.69) is 4.74 Å². The molecular formula is C12H13F2NO2. The van der Waals surface area contributed by atoms with E-state index in [1.54, 1.807) is 0 Å². The van der Waals surface area contributed by atoms with E-state index in [9.17, 15) is 13.6 Å². The first-order valence-electron chi connectivity index (χ1n) is 5.29. The molecule has 0 heterocycles. The number of hydrogen-bond donors (Lipinski definition) is 1. The predicted octanol–water partition coefficient (Wildman–Crippen LogP) is 1.50. The summed E-state index contributed by atoms with van der Waals surface area (Å²) < 4.78 is 30.8. The summed E-state index contributed by atoms with van der Waals surface area (Å²) in [6, 6.07) is 2.36. The highest BCUT2D eigenvalue weighted by Gasteiger charge is 2.53. The Balaban J connectivity index is 2.35. The third kappa shape index (κ3) is 2.02. The van der Waals surface area contributed by atoms with Crippen molar-refractivity contribution < 1.29 is 18.3 Å². The van der Waals surface area contributed by atoms with Crippen LogP contribution >= 0.6 is 0 Å². The highest BCUT2D eigenvalue weighted by molar-refractivity contribution is 5.78. The van der Waals surface area contributed by atoms with Crippen LogP contribution in [0, 0.1) is 11.6 Å². The van der Waals surface area contributed by atoms with Gasteiger partial charge in [0.2, 0.25) is 0 Å². The van der Waals surface area contributed by atoms with Crippen LogP contribution < -0.4 is 5.73 Å². The first kappa shape index (κ1) is 12.0. The van der Waals surface area contributed by atoms with Gasteiger partial charge in [-0.2, -0.15) is 0 Å². The lowest BCUT2D eigenvalue weighted by Crippen LogP contribution is -2.42. The summed E-state index contributed by atoms with van der Waals surface area (Å²) in [6.45, 7) is 0. The third-order valence-electron chi connectivity index (χ3n) is 3.28. The third-order valence-corrected chi connectivity index (χ3v) is 3.28. The fourth-order valence-electron chi connectivity index (χ4n) is 2.11. The van der Waals surface area contributed by atoms with E-state index in [0.29, 0.717) is 18.4 Å². The lowest BCUT2D eigenvalue weighted by molar-refractivity contribution is -0.143. The highest BCUT2D eigenvalue weighted by Crippen LogP contribution is 2.50. The summed E-state index contributed by atoms with van der Waals surface area (Å²) in [5, 5.41) is 0. The minimum Gasteiger partial charge on any atom is -0.468 e. The second kappa shape index (κ2) is 4.07. The number of halogens is 2. The van der Waals surface area contributed by atoms with Crippen LogP contribution in [0.25, 0.3) is 0 Å². The molecule has 92 valence electrons. The second-order valence-electron chi connectivity index (χ2n) is 4.32. The van der Waals surface area contributed by atoms with Crippen LogP contribution in [0.5, 0.6) is 0 Å². The van der Waals surface area contributed by atoms with Crippen LogP contribution in [0.1, 0.15) is 18.4 Å². The van der Waals surface area contributed by atoms with Gasteiger partial charge >= 0.3 is 5.97 Å². The van der Waals surface area contributed by atoms with Gasteiger partial charge in [0.15, 0.2) is 0 Å². The van der Waals surface area contributed by atoms with Crippen LogP contribution in [0.4, 0.5) is 8.78 Å². The van der Waals surface area contributed by atoms with E-state index < -0.39 is 29.1 Å². The van der Waals surface area contributed by atoms with E-state index in [1.807, 2.05) is 0 Å². The van der Waals surface area contributed by atoms with Crippen LogP contribution in [-0.2, 0) is 14.9 Å². The SMILES string of the molecule is COC(=O)C(N)C1(c2cc(F)cc(F)c2)CC1. The number of rotatable bonds is 3. The molecule has 1 atom stereocenters. The van der Waals surface area contributed by atoms with Gasteiger partial charge in [-0.25, -0.2) is 8.78 Å². The molecule has 0 spiro atoms. The van der Waals surface area contributed by atoms with Crippen LogP contribution in [-0.4, -0.2) is 19.1 Å². The molecule has 5 heteroatoms. The van der Waals surface area contributed by atoms with Crippen molar-refractivity contribution in [2.45, 2.75) is 24.3 Å². The molecular weight excluding hydrogens is 228 g/mol. The van der Waals surface area contributed by atoms with Crippen molar-refractivity contribution in [3.63, 3.8) is 0 Å².